The fourth-order valence-corrected chi connectivity index (χ4v) is 4.14. The highest BCUT2D eigenvalue weighted by Crippen LogP contribution is 2.55. The third-order valence-corrected chi connectivity index (χ3v) is 5.44. The molecule has 0 heterocycles. The summed E-state index contributed by atoms with van der Waals surface area (Å²) in [5, 5.41) is 10.7. The lowest BCUT2D eigenvalue weighted by Gasteiger charge is -2.28. The van der Waals surface area contributed by atoms with Gasteiger partial charge in [0.15, 0.2) is 5.78 Å². The van der Waals surface area contributed by atoms with Crippen LogP contribution in [-0.2, 0) is 5.60 Å². The molecule has 130 valence electrons. The summed E-state index contributed by atoms with van der Waals surface area (Å²) < 4.78 is 41.4. The SMILES string of the molecule is O=C(c1ccc2c(c1)C(O)(C(F)(F)F)c1ccccc1-2)C1CCCC1. The summed E-state index contributed by atoms with van der Waals surface area (Å²) in [7, 11) is 0. The summed E-state index contributed by atoms with van der Waals surface area (Å²) in [5.41, 5.74) is -2.56. The van der Waals surface area contributed by atoms with Crippen molar-refractivity contribution >= 4 is 5.78 Å². The van der Waals surface area contributed by atoms with Crippen LogP contribution in [0.15, 0.2) is 42.5 Å². The Bertz CT molecular complexity index is 850. The van der Waals surface area contributed by atoms with Gasteiger partial charge in [-0.15, -0.1) is 0 Å². The number of rotatable bonds is 2. The van der Waals surface area contributed by atoms with E-state index in [1.807, 2.05) is 0 Å². The molecule has 0 bridgehead atoms. The van der Waals surface area contributed by atoms with Gasteiger partial charge in [-0.3, -0.25) is 4.79 Å². The van der Waals surface area contributed by atoms with Crippen molar-refractivity contribution in [3.05, 3.63) is 59.2 Å². The van der Waals surface area contributed by atoms with Gasteiger partial charge in [0.05, 0.1) is 0 Å². The Morgan fingerprint density at radius 2 is 1.64 bits per heavy atom. The number of carbonyl (C=O) groups excluding carboxylic acids is 1. The van der Waals surface area contributed by atoms with E-state index in [2.05, 4.69) is 0 Å². The highest BCUT2D eigenvalue weighted by molar-refractivity contribution is 5.99. The van der Waals surface area contributed by atoms with Gasteiger partial charge in [-0.05, 0) is 30.0 Å². The number of ketones is 1. The Morgan fingerprint density at radius 1 is 1.00 bits per heavy atom. The first-order valence-electron chi connectivity index (χ1n) is 8.42. The summed E-state index contributed by atoms with van der Waals surface area (Å²) in [4.78, 5) is 12.6. The quantitative estimate of drug-likeness (QED) is 0.790. The molecule has 5 heteroatoms. The first-order valence-corrected chi connectivity index (χ1v) is 8.42. The molecular formula is C20H17F3O2. The van der Waals surface area contributed by atoms with Crippen LogP contribution in [0.3, 0.4) is 0 Å². The maximum absolute atomic E-state index is 13.8. The Hall–Kier alpha value is -2.14. The van der Waals surface area contributed by atoms with E-state index in [1.165, 1.54) is 24.3 Å². The van der Waals surface area contributed by atoms with Gasteiger partial charge in [-0.1, -0.05) is 49.2 Å². The Kier molecular flexibility index (Phi) is 3.55. The predicted molar refractivity (Wildman–Crippen MR) is 87.2 cm³/mol. The van der Waals surface area contributed by atoms with Crippen molar-refractivity contribution in [1.29, 1.82) is 0 Å². The second-order valence-corrected chi connectivity index (χ2v) is 6.86. The van der Waals surface area contributed by atoms with Gasteiger partial charge in [-0.2, -0.15) is 13.2 Å². The highest BCUT2D eigenvalue weighted by Gasteiger charge is 2.60. The zero-order valence-corrected chi connectivity index (χ0v) is 13.4. The zero-order chi connectivity index (χ0) is 17.8. The van der Waals surface area contributed by atoms with Crippen LogP contribution in [0.5, 0.6) is 0 Å². The summed E-state index contributed by atoms with van der Waals surface area (Å²) in [6.45, 7) is 0. The maximum Gasteiger partial charge on any atom is 0.425 e. The second-order valence-electron chi connectivity index (χ2n) is 6.86. The van der Waals surface area contributed by atoms with E-state index in [0.717, 1.165) is 25.7 Å². The lowest BCUT2D eigenvalue weighted by Crippen LogP contribution is -2.41. The lowest BCUT2D eigenvalue weighted by atomic mass is 9.88. The van der Waals surface area contributed by atoms with Crippen LogP contribution >= 0.6 is 0 Å². The first-order chi connectivity index (χ1) is 11.8. The standard InChI is InChI=1S/C20H17F3O2/c21-20(22,23)19(25)16-8-4-3-7-14(16)15-10-9-13(11-17(15)19)18(24)12-5-1-2-6-12/h3-4,7-12,25H,1-2,5-6H2. The van der Waals surface area contributed by atoms with E-state index in [0.29, 0.717) is 11.1 Å². The zero-order valence-electron chi connectivity index (χ0n) is 13.4. The van der Waals surface area contributed by atoms with E-state index in [1.54, 1.807) is 18.2 Å². The number of Topliss-reactive ketones (excluding diaryl/α,β-unsaturated/α-hetero) is 1. The summed E-state index contributed by atoms with van der Waals surface area (Å²) in [6, 6.07) is 10.3. The number of halogens is 3. The fourth-order valence-electron chi connectivity index (χ4n) is 4.14. The summed E-state index contributed by atoms with van der Waals surface area (Å²) in [6.07, 6.45) is -1.37. The predicted octanol–water partition coefficient (Wildman–Crippen LogP) is 4.84. The molecule has 0 amide bonds. The minimum absolute atomic E-state index is 0.124. The molecule has 0 radical (unpaired) electrons. The number of hydrogen-bond acceptors (Lipinski definition) is 2. The Balaban J connectivity index is 1.88. The van der Waals surface area contributed by atoms with Gasteiger partial charge >= 0.3 is 6.18 Å². The molecule has 0 spiro atoms. The number of aliphatic hydroxyl groups is 1. The molecule has 2 aliphatic carbocycles. The molecule has 0 aromatic heterocycles. The molecule has 0 aliphatic heterocycles. The average Bonchev–Trinajstić information content (AvgIpc) is 3.21. The molecule has 1 unspecified atom stereocenters. The van der Waals surface area contributed by atoms with Gasteiger partial charge in [-0.25, -0.2) is 0 Å². The topological polar surface area (TPSA) is 37.3 Å². The molecular weight excluding hydrogens is 329 g/mol. The lowest BCUT2D eigenvalue weighted by molar-refractivity contribution is -0.246. The van der Waals surface area contributed by atoms with Crippen LogP contribution in [0.25, 0.3) is 11.1 Å². The van der Waals surface area contributed by atoms with Crippen LogP contribution in [0, 0.1) is 5.92 Å². The van der Waals surface area contributed by atoms with Crippen molar-refractivity contribution in [2.24, 2.45) is 5.92 Å². The maximum atomic E-state index is 13.8. The van der Waals surface area contributed by atoms with Crippen LogP contribution in [-0.4, -0.2) is 17.1 Å². The smallest absolute Gasteiger partial charge is 0.372 e. The van der Waals surface area contributed by atoms with Crippen LogP contribution in [0.1, 0.15) is 47.2 Å². The number of benzene rings is 2. The monoisotopic (exact) mass is 346 g/mol. The number of fused-ring (bicyclic) bond motifs is 3. The molecule has 2 nitrogen and oxygen atoms in total. The van der Waals surface area contributed by atoms with Gasteiger partial charge in [0.1, 0.15) is 0 Å². The van der Waals surface area contributed by atoms with Crippen molar-refractivity contribution in [2.45, 2.75) is 37.5 Å². The largest absolute Gasteiger partial charge is 0.425 e. The summed E-state index contributed by atoms with van der Waals surface area (Å²) in [5.74, 6) is -0.249. The van der Waals surface area contributed by atoms with Crippen LogP contribution in [0.2, 0.25) is 0 Å². The Morgan fingerprint density at radius 3 is 2.32 bits per heavy atom. The van der Waals surface area contributed by atoms with E-state index in [9.17, 15) is 23.1 Å². The van der Waals surface area contributed by atoms with Gasteiger partial charge in [0, 0.05) is 22.6 Å². The molecule has 0 saturated heterocycles. The highest BCUT2D eigenvalue weighted by atomic mass is 19.4. The normalized spacial score (nSPS) is 22.7. The average molecular weight is 346 g/mol. The van der Waals surface area contributed by atoms with E-state index in [-0.39, 0.29) is 28.4 Å². The van der Waals surface area contributed by atoms with Crippen molar-refractivity contribution in [2.75, 3.05) is 0 Å². The molecule has 2 aromatic carbocycles. The van der Waals surface area contributed by atoms with Crippen molar-refractivity contribution < 1.29 is 23.1 Å². The molecule has 25 heavy (non-hydrogen) atoms. The van der Waals surface area contributed by atoms with Crippen LogP contribution in [0.4, 0.5) is 13.2 Å². The first kappa shape index (κ1) is 16.3. The molecule has 2 aromatic rings. The third-order valence-electron chi connectivity index (χ3n) is 5.44. The van der Waals surface area contributed by atoms with Crippen molar-refractivity contribution in [3.63, 3.8) is 0 Å². The van der Waals surface area contributed by atoms with Crippen molar-refractivity contribution in [3.8, 4) is 11.1 Å². The molecule has 1 saturated carbocycles. The van der Waals surface area contributed by atoms with Crippen LogP contribution < -0.4 is 0 Å². The number of hydrogen-bond donors (Lipinski definition) is 1. The Labute approximate surface area is 143 Å². The van der Waals surface area contributed by atoms with Gasteiger partial charge in [0.2, 0.25) is 5.60 Å². The van der Waals surface area contributed by atoms with Gasteiger partial charge in [0.25, 0.3) is 0 Å². The molecule has 1 atom stereocenters. The van der Waals surface area contributed by atoms with E-state index in [4.69, 9.17) is 0 Å². The third kappa shape index (κ3) is 2.25. The van der Waals surface area contributed by atoms with E-state index >= 15 is 0 Å². The minimum atomic E-state index is -4.87. The fraction of sp³-hybridized carbons (Fsp3) is 0.350. The molecule has 4 rings (SSSR count). The molecule has 1 fully saturated rings. The molecule has 1 N–H and O–H groups in total. The van der Waals surface area contributed by atoms with Gasteiger partial charge < -0.3 is 5.11 Å². The van der Waals surface area contributed by atoms with E-state index < -0.39 is 11.8 Å². The minimum Gasteiger partial charge on any atom is -0.372 e. The molecule has 2 aliphatic rings. The number of alkyl halides is 3. The second kappa shape index (κ2) is 5.43. The summed E-state index contributed by atoms with van der Waals surface area (Å²) >= 11 is 0. The van der Waals surface area contributed by atoms with Crippen molar-refractivity contribution in [1.82, 2.24) is 0 Å². The number of carbonyl (C=O) groups is 1.